The largest absolute Gasteiger partial charge is 0.310 e. The van der Waals surface area contributed by atoms with Crippen LogP contribution < -0.4 is 5.32 Å². The molecule has 0 aliphatic carbocycles. The van der Waals surface area contributed by atoms with Gasteiger partial charge in [0, 0.05) is 32.4 Å². The van der Waals surface area contributed by atoms with Gasteiger partial charge >= 0.3 is 0 Å². The molecular weight excluding hydrogens is 248 g/mol. The molecule has 1 N–H and O–H groups in total. The molecule has 2 aromatic heterocycles. The van der Waals surface area contributed by atoms with Gasteiger partial charge in [0.05, 0.1) is 0 Å². The van der Waals surface area contributed by atoms with Crippen LogP contribution in [-0.4, -0.2) is 11.5 Å². The summed E-state index contributed by atoms with van der Waals surface area (Å²) in [5.74, 6) is 0. The Kier molecular flexibility index (Phi) is 3.97. The molecule has 0 aromatic carbocycles. The van der Waals surface area contributed by atoms with Crippen LogP contribution in [0, 0.1) is 13.8 Å². The number of aryl methyl sites for hydroxylation is 2. The highest BCUT2D eigenvalue weighted by Crippen LogP contribution is 2.34. The Morgan fingerprint density at radius 1 is 1.35 bits per heavy atom. The Labute approximate surface area is 111 Å². The normalized spacial score (nSPS) is 12.9. The van der Waals surface area contributed by atoms with E-state index < -0.39 is 0 Å². The predicted octanol–water partition coefficient (Wildman–Crippen LogP) is 4.16. The van der Waals surface area contributed by atoms with Crippen molar-refractivity contribution in [3.63, 3.8) is 0 Å². The van der Waals surface area contributed by atoms with E-state index in [1.165, 1.54) is 20.2 Å². The Morgan fingerprint density at radius 2 is 2.12 bits per heavy atom. The van der Waals surface area contributed by atoms with E-state index >= 15 is 0 Å². The summed E-state index contributed by atoms with van der Waals surface area (Å²) >= 11 is 3.64. The van der Waals surface area contributed by atoms with Gasteiger partial charge in [-0.3, -0.25) is 0 Å². The van der Waals surface area contributed by atoms with Crippen molar-refractivity contribution >= 4 is 22.7 Å². The molecule has 4 heteroatoms. The number of aromatic nitrogens is 1. The van der Waals surface area contributed by atoms with Crippen molar-refractivity contribution in [1.29, 1.82) is 0 Å². The van der Waals surface area contributed by atoms with E-state index in [-0.39, 0.29) is 0 Å². The van der Waals surface area contributed by atoms with E-state index in [1.54, 1.807) is 11.3 Å². The highest BCUT2D eigenvalue weighted by atomic mass is 32.1. The van der Waals surface area contributed by atoms with Gasteiger partial charge in [-0.2, -0.15) is 0 Å². The average Bonchev–Trinajstić information content (AvgIpc) is 2.85. The molecule has 2 rings (SSSR count). The molecule has 0 fully saturated rings. The van der Waals surface area contributed by atoms with Gasteiger partial charge in [-0.05, 0) is 33.4 Å². The lowest BCUT2D eigenvalue weighted by Crippen LogP contribution is -2.16. The molecule has 0 radical (unpaired) electrons. The molecule has 0 spiro atoms. The summed E-state index contributed by atoms with van der Waals surface area (Å²) in [7, 11) is 0. The van der Waals surface area contributed by atoms with Gasteiger partial charge in [0.2, 0.25) is 0 Å². The van der Waals surface area contributed by atoms with Crippen LogP contribution in [0.25, 0.3) is 10.6 Å². The van der Waals surface area contributed by atoms with E-state index in [0.29, 0.717) is 6.04 Å². The predicted molar refractivity (Wildman–Crippen MR) is 77.0 cm³/mol. The number of rotatable bonds is 4. The van der Waals surface area contributed by atoms with Gasteiger partial charge in [0.1, 0.15) is 5.01 Å². The van der Waals surface area contributed by atoms with E-state index in [2.05, 4.69) is 44.1 Å². The lowest BCUT2D eigenvalue weighted by Gasteiger charge is -2.08. The van der Waals surface area contributed by atoms with Crippen molar-refractivity contribution in [1.82, 2.24) is 10.3 Å². The fourth-order valence-electron chi connectivity index (χ4n) is 1.86. The van der Waals surface area contributed by atoms with Crippen molar-refractivity contribution in [3.8, 4) is 10.6 Å². The maximum atomic E-state index is 4.55. The fourth-order valence-corrected chi connectivity index (χ4v) is 3.87. The van der Waals surface area contributed by atoms with Crippen LogP contribution in [-0.2, 0) is 0 Å². The van der Waals surface area contributed by atoms with Gasteiger partial charge in [-0.15, -0.1) is 22.7 Å². The highest BCUT2D eigenvalue weighted by Gasteiger charge is 2.12. The third-order valence-electron chi connectivity index (χ3n) is 2.73. The number of hydrogen-bond acceptors (Lipinski definition) is 4. The van der Waals surface area contributed by atoms with E-state index in [9.17, 15) is 0 Å². The van der Waals surface area contributed by atoms with Gasteiger partial charge < -0.3 is 5.32 Å². The van der Waals surface area contributed by atoms with E-state index in [4.69, 9.17) is 0 Å². The third kappa shape index (κ3) is 2.76. The first-order valence-corrected chi connectivity index (χ1v) is 7.51. The lowest BCUT2D eigenvalue weighted by atomic mass is 10.2. The number of hydrogen-bond donors (Lipinski definition) is 1. The Morgan fingerprint density at radius 3 is 2.71 bits per heavy atom. The minimum absolute atomic E-state index is 0.395. The summed E-state index contributed by atoms with van der Waals surface area (Å²) in [5, 5.41) is 4.56. The maximum absolute atomic E-state index is 4.55. The average molecular weight is 266 g/mol. The van der Waals surface area contributed by atoms with Crippen LogP contribution in [0.3, 0.4) is 0 Å². The first-order chi connectivity index (χ1) is 8.11. The molecule has 0 aliphatic rings. The Balaban J connectivity index is 2.26. The van der Waals surface area contributed by atoms with Crippen molar-refractivity contribution in [3.05, 3.63) is 26.9 Å². The molecule has 2 heterocycles. The monoisotopic (exact) mass is 266 g/mol. The lowest BCUT2D eigenvalue weighted by molar-refractivity contribution is 0.606. The standard InChI is InChI=1S/C13H18N2S2/c1-5-14-9(3)12-7-15-13(17-12)11-6-8(2)16-10(11)4/h6-7,9,14H,5H2,1-4H3. The number of nitrogens with zero attached hydrogens (tertiary/aromatic N) is 1. The minimum atomic E-state index is 0.395. The molecule has 0 aliphatic heterocycles. The van der Waals surface area contributed by atoms with Gasteiger partial charge in [0.15, 0.2) is 0 Å². The number of nitrogens with one attached hydrogen (secondary N) is 1. The second-order valence-electron chi connectivity index (χ2n) is 4.17. The summed E-state index contributed by atoms with van der Waals surface area (Å²) in [4.78, 5) is 8.58. The second-order valence-corrected chi connectivity index (χ2v) is 6.70. The van der Waals surface area contributed by atoms with Crippen LogP contribution in [0.15, 0.2) is 12.3 Å². The first kappa shape index (κ1) is 12.7. The molecule has 1 unspecified atom stereocenters. The number of thiazole rings is 1. The summed E-state index contributed by atoms with van der Waals surface area (Å²) in [6, 6.07) is 2.63. The quantitative estimate of drug-likeness (QED) is 0.899. The zero-order valence-electron chi connectivity index (χ0n) is 10.7. The van der Waals surface area contributed by atoms with Gasteiger partial charge in [0.25, 0.3) is 0 Å². The minimum Gasteiger partial charge on any atom is -0.310 e. The smallest absolute Gasteiger partial charge is 0.124 e. The zero-order chi connectivity index (χ0) is 12.4. The Hall–Kier alpha value is -0.710. The van der Waals surface area contributed by atoms with E-state index in [1.807, 2.05) is 17.5 Å². The highest BCUT2D eigenvalue weighted by molar-refractivity contribution is 7.16. The van der Waals surface area contributed by atoms with Gasteiger partial charge in [-0.25, -0.2) is 4.98 Å². The van der Waals surface area contributed by atoms with Crippen molar-refractivity contribution in [2.24, 2.45) is 0 Å². The topological polar surface area (TPSA) is 24.9 Å². The van der Waals surface area contributed by atoms with Crippen molar-refractivity contribution in [2.75, 3.05) is 6.54 Å². The summed E-state index contributed by atoms with van der Waals surface area (Å²) in [6.07, 6.45) is 2.00. The van der Waals surface area contributed by atoms with Crippen LogP contribution >= 0.6 is 22.7 Å². The molecule has 92 valence electrons. The molecule has 2 nitrogen and oxygen atoms in total. The second kappa shape index (κ2) is 5.29. The van der Waals surface area contributed by atoms with Crippen molar-refractivity contribution < 1.29 is 0 Å². The molecule has 0 saturated heterocycles. The molecule has 2 aromatic rings. The fraction of sp³-hybridized carbons (Fsp3) is 0.462. The van der Waals surface area contributed by atoms with Gasteiger partial charge in [-0.1, -0.05) is 6.92 Å². The molecule has 0 amide bonds. The molecule has 0 saturated carbocycles. The molecule has 1 atom stereocenters. The summed E-state index contributed by atoms with van der Waals surface area (Å²) < 4.78 is 0. The van der Waals surface area contributed by atoms with Crippen LogP contribution in [0.5, 0.6) is 0 Å². The van der Waals surface area contributed by atoms with E-state index in [0.717, 1.165) is 11.6 Å². The Bertz CT molecular complexity index is 499. The molecule has 0 bridgehead atoms. The van der Waals surface area contributed by atoms with Crippen LogP contribution in [0.1, 0.15) is 34.5 Å². The number of thiophene rings is 1. The van der Waals surface area contributed by atoms with Crippen molar-refractivity contribution in [2.45, 2.75) is 33.7 Å². The summed E-state index contributed by atoms with van der Waals surface area (Å²) in [6.45, 7) is 9.63. The summed E-state index contributed by atoms with van der Waals surface area (Å²) in [5.41, 5.74) is 1.30. The molecule has 17 heavy (non-hydrogen) atoms. The van der Waals surface area contributed by atoms with Crippen LogP contribution in [0.4, 0.5) is 0 Å². The maximum Gasteiger partial charge on any atom is 0.124 e. The third-order valence-corrected chi connectivity index (χ3v) is 4.91. The molecular formula is C13H18N2S2. The SMILES string of the molecule is CCNC(C)c1cnc(-c2cc(C)sc2C)s1. The van der Waals surface area contributed by atoms with Crippen LogP contribution in [0.2, 0.25) is 0 Å². The zero-order valence-corrected chi connectivity index (χ0v) is 12.3. The first-order valence-electron chi connectivity index (χ1n) is 5.88.